The summed E-state index contributed by atoms with van der Waals surface area (Å²) >= 11 is 5.80. The lowest BCUT2D eigenvalue weighted by Gasteiger charge is -2.13. The Morgan fingerprint density at radius 1 is 1.21 bits per heavy atom. The SMILES string of the molecule is C[C@H](O)c1cc(F)ccc1OCc1ccc(Cl)cc1. The summed E-state index contributed by atoms with van der Waals surface area (Å²) in [6.45, 7) is 1.91. The Balaban J connectivity index is 2.13. The van der Waals surface area contributed by atoms with Crippen LogP contribution in [-0.4, -0.2) is 5.11 Å². The summed E-state index contributed by atoms with van der Waals surface area (Å²) in [6, 6.07) is 11.4. The number of hydrogen-bond donors (Lipinski definition) is 1. The third-order valence-corrected chi connectivity index (χ3v) is 2.98. The van der Waals surface area contributed by atoms with Crippen molar-refractivity contribution >= 4 is 11.6 Å². The topological polar surface area (TPSA) is 29.5 Å². The van der Waals surface area contributed by atoms with Gasteiger partial charge in [0.25, 0.3) is 0 Å². The molecule has 0 aliphatic heterocycles. The van der Waals surface area contributed by atoms with Crippen LogP contribution in [0, 0.1) is 5.82 Å². The second kappa shape index (κ2) is 6.04. The summed E-state index contributed by atoms with van der Waals surface area (Å²) in [4.78, 5) is 0. The van der Waals surface area contributed by atoms with Crippen molar-refractivity contribution in [2.75, 3.05) is 0 Å². The molecule has 1 atom stereocenters. The van der Waals surface area contributed by atoms with Crippen LogP contribution in [0.3, 0.4) is 0 Å². The van der Waals surface area contributed by atoms with Gasteiger partial charge in [-0.2, -0.15) is 0 Å². The molecule has 4 heteroatoms. The van der Waals surface area contributed by atoms with E-state index in [1.807, 2.05) is 12.1 Å². The fourth-order valence-electron chi connectivity index (χ4n) is 1.72. The molecule has 2 aromatic carbocycles. The number of rotatable bonds is 4. The highest BCUT2D eigenvalue weighted by atomic mass is 35.5. The molecule has 0 aliphatic carbocycles. The van der Waals surface area contributed by atoms with Crippen molar-refractivity contribution in [3.63, 3.8) is 0 Å². The van der Waals surface area contributed by atoms with Crippen LogP contribution in [0.2, 0.25) is 5.02 Å². The normalized spacial score (nSPS) is 12.2. The molecule has 0 spiro atoms. The predicted molar refractivity (Wildman–Crippen MR) is 72.8 cm³/mol. The number of ether oxygens (including phenoxy) is 1. The molecule has 0 saturated carbocycles. The molecular weight excluding hydrogens is 267 g/mol. The largest absolute Gasteiger partial charge is 0.489 e. The first kappa shape index (κ1) is 13.8. The second-order valence-electron chi connectivity index (χ2n) is 4.27. The Labute approximate surface area is 116 Å². The van der Waals surface area contributed by atoms with Crippen LogP contribution >= 0.6 is 11.6 Å². The van der Waals surface area contributed by atoms with Gasteiger partial charge < -0.3 is 9.84 Å². The summed E-state index contributed by atoms with van der Waals surface area (Å²) in [6.07, 6.45) is -0.782. The molecule has 1 N–H and O–H groups in total. The quantitative estimate of drug-likeness (QED) is 0.913. The number of hydrogen-bond acceptors (Lipinski definition) is 2. The zero-order chi connectivity index (χ0) is 13.8. The summed E-state index contributed by atoms with van der Waals surface area (Å²) in [5.74, 6) is 0.0843. The Hall–Kier alpha value is -1.58. The average Bonchev–Trinajstić information content (AvgIpc) is 2.39. The van der Waals surface area contributed by atoms with Crippen molar-refractivity contribution in [1.29, 1.82) is 0 Å². The molecule has 0 aromatic heterocycles. The molecule has 0 bridgehead atoms. The maximum atomic E-state index is 13.1. The van der Waals surface area contributed by atoms with Crippen LogP contribution in [0.25, 0.3) is 0 Å². The van der Waals surface area contributed by atoms with E-state index in [0.717, 1.165) is 5.56 Å². The van der Waals surface area contributed by atoms with Crippen LogP contribution in [-0.2, 0) is 6.61 Å². The van der Waals surface area contributed by atoms with Crippen molar-refractivity contribution in [3.05, 3.63) is 64.4 Å². The molecule has 19 heavy (non-hydrogen) atoms. The minimum absolute atomic E-state index is 0.336. The molecule has 0 fully saturated rings. The van der Waals surface area contributed by atoms with Gasteiger partial charge in [0.2, 0.25) is 0 Å². The molecule has 0 radical (unpaired) electrons. The van der Waals surface area contributed by atoms with E-state index in [0.29, 0.717) is 22.9 Å². The van der Waals surface area contributed by atoms with Gasteiger partial charge in [-0.15, -0.1) is 0 Å². The van der Waals surface area contributed by atoms with Crippen LogP contribution in [0.1, 0.15) is 24.2 Å². The lowest BCUT2D eigenvalue weighted by Crippen LogP contribution is -2.01. The van der Waals surface area contributed by atoms with Gasteiger partial charge in [-0.1, -0.05) is 23.7 Å². The minimum atomic E-state index is -0.782. The van der Waals surface area contributed by atoms with Crippen molar-refractivity contribution in [1.82, 2.24) is 0 Å². The van der Waals surface area contributed by atoms with Gasteiger partial charge in [0, 0.05) is 10.6 Å². The molecule has 2 rings (SSSR count). The lowest BCUT2D eigenvalue weighted by atomic mass is 10.1. The Bertz CT molecular complexity index is 553. The van der Waals surface area contributed by atoms with Gasteiger partial charge in [-0.3, -0.25) is 0 Å². The van der Waals surface area contributed by atoms with Gasteiger partial charge in [0.15, 0.2) is 0 Å². The Kier molecular flexibility index (Phi) is 4.40. The van der Waals surface area contributed by atoms with Crippen molar-refractivity contribution in [2.24, 2.45) is 0 Å². The zero-order valence-corrected chi connectivity index (χ0v) is 11.2. The number of benzene rings is 2. The van der Waals surface area contributed by atoms with Crippen LogP contribution in [0.15, 0.2) is 42.5 Å². The van der Waals surface area contributed by atoms with E-state index in [9.17, 15) is 9.50 Å². The maximum absolute atomic E-state index is 13.1. The van der Waals surface area contributed by atoms with Crippen molar-refractivity contribution in [2.45, 2.75) is 19.6 Å². The average molecular weight is 281 g/mol. The molecule has 0 unspecified atom stereocenters. The number of aliphatic hydroxyl groups is 1. The third kappa shape index (κ3) is 3.69. The molecular formula is C15H14ClFO2. The minimum Gasteiger partial charge on any atom is -0.489 e. The smallest absolute Gasteiger partial charge is 0.125 e. The van der Waals surface area contributed by atoms with E-state index in [1.165, 1.54) is 18.2 Å². The van der Waals surface area contributed by atoms with Gasteiger partial charge in [-0.25, -0.2) is 4.39 Å². The summed E-state index contributed by atoms with van der Waals surface area (Å²) in [7, 11) is 0. The molecule has 0 heterocycles. The molecule has 0 aliphatic rings. The highest BCUT2D eigenvalue weighted by Gasteiger charge is 2.10. The van der Waals surface area contributed by atoms with Gasteiger partial charge in [0.05, 0.1) is 6.10 Å². The standard InChI is InChI=1S/C15H14ClFO2/c1-10(18)14-8-13(17)6-7-15(14)19-9-11-2-4-12(16)5-3-11/h2-8,10,18H,9H2,1H3/t10-/m0/s1. The first-order valence-electron chi connectivity index (χ1n) is 5.91. The number of aliphatic hydroxyl groups excluding tert-OH is 1. The monoisotopic (exact) mass is 280 g/mol. The van der Waals surface area contributed by atoms with E-state index in [4.69, 9.17) is 16.3 Å². The predicted octanol–water partition coefficient (Wildman–Crippen LogP) is 4.11. The maximum Gasteiger partial charge on any atom is 0.125 e. The van der Waals surface area contributed by atoms with Crippen molar-refractivity contribution < 1.29 is 14.2 Å². The van der Waals surface area contributed by atoms with Gasteiger partial charge >= 0.3 is 0 Å². The van der Waals surface area contributed by atoms with E-state index < -0.39 is 11.9 Å². The van der Waals surface area contributed by atoms with Crippen LogP contribution in [0.5, 0.6) is 5.75 Å². The fourth-order valence-corrected chi connectivity index (χ4v) is 1.84. The highest BCUT2D eigenvalue weighted by molar-refractivity contribution is 6.30. The van der Waals surface area contributed by atoms with Crippen LogP contribution in [0.4, 0.5) is 4.39 Å². The molecule has 100 valence electrons. The van der Waals surface area contributed by atoms with E-state index in [-0.39, 0.29) is 0 Å². The number of halogens is 2. The first-order chi connectivity index (χ1) is 9.06. The van der Waals surface area contributed by atoms with E-state index >= 15 is 0 Å². The van der Waals surface area contributed by atoms with E-state index in [1.54, 1.807) is 19.1 Å². The zero-order valence-electron chi connectivity index (χ0n) is 10.4. The summed E-state index contributed by atoms with van der Waals surface area (Å²) in [5.41, 5.74) is 1.39. The Morgan fingerprint density at radius 2 is 1.89 bits per heavy atom. The van der Waals surface area contributed by atoms with E-state index in [2.05, 4.69) is 0 Å². The molecule has 2 nitrogen and oxygen atoms in total. The molecule has 2 aromatic rings. The second-order valence-corrected chi connectivity index (χ2v) is 4.71. The van der Waals surface area contributed by atoms with Gasteiger partial charge in [0.1, 0.15) is 18.2 Å². The van der Waals surface area contributed by atoms with Crippen LogP contribution < -0.4 is 4.74 Å². The third-order valence-electron chi connectivity index (χ3n) is 2.73. The Morgan fingerprint density at radius 3 is 2.53 bits per heavy atom. The molecule has 0 amide bonds. The summed E-state index contributed by atoms with van der Waals surface area (Å²) < 4.78 is 18.7. The highest BCUT2D eigenvalue weighted by Crippen LogP contribution is 2.26. The first-order valence-corrected chi connectivity index (χ1v) is 6.29. The lowest BCUT2D eigenvalue weighted by molar-refractivity contribution is 0.189. The van der Waals surface area contributed by atoms with Crippen molar-refractivity contribution in [3.8, 4) is 5.75 Å². The summed E-state index contributed by atoms with van der Waals surface area (Å²) in [5, 5.41) is 10.3. The molecule has 0 saturated heterocycles. The van der Waals surface area contributed by atoms with Gasteiger partial charge in [-0.05, 0) is 42.8 Å². The fraction of sp³-hybridized carbons (Fsp3) is 0.200.